The van der Waals surface area contributed by atoms with Gasteiger partial charge < -0.3 is 5.32 Å². The minimum absolute atomic E-state index is 0.139. The first-order valence-electron chi connectivity index (χ1n) is 11.1. The predicted molar refractivity (Wildman–Crippen MR) is 123 cm³/mol. The fraction of sp³-hybridized carbons (Fsp3) is 0.292. The average Bonchev–Trinajstić information content (AvgIpc) is 3.63. The zero-order valence-corrected chi connectivity index (χ0v) is 18.1. The van der Waals surface area contributed by atoms with Crippen LogP contribution in [0.1, 0.15) is 31.0 Å². The van der Waals surface area contributed by atoms with Crippen LogP contribution in [0.2, 0.25) is 0 Å². The summed E-state index contributed by atoms with van der Waals surface area (Å²) in [6, 6.07) is 16.6. The molecule has 0 saturated heterocycles. The van der Waals surface area contributed by atoms with E-state index in [2.05, 4.69) is 15.4 Å². The van der Waals surface area contributed by atoms with E-state index in [9.17, 15) is 14.4 Å². The summed E-state index contributed by atoms with van der Waals surface area (Å²) in [5, 5.41) is 7.88. The van der Waals surface area contributed by atoms with Gasteiger partial charge in [-0.1, -0.05) is 30.3 Å². The Bertz CT molecular complexity index is 1420. The number of hydrogen-bond acceptors (Lipinski definition) is 5. The van der Waals surface area contributed by atoms with Gasteiger partial charge in [0, 0.05) is 25.4 Å². The molecule has 0 aliphatic heterocycles. The van der Waals surface area contributed by atoms with Crippen LogP contribution in [-0.2, 0) is 17.9 Å². The first-order valence-corrected chi connectivity index (χ1v) is 11.1. The van der Waals surface area contributed by atoms with Gasteiger partial charge in [-0.05, 0) is 37.1 Å². The molecule has 2 heterocycles. The first-order chi connectivity index (χ1) is 16.1. The highest BCUT2D eigenvalue weighted by molar-refractivity contribution is 5.77. The molecule has 5 rings (SSSR count). The van der Waals surface area contributed by atoms with Crippen LogP contribution in [-0.4, -0.2) is 36.4 Å². The van der Waals surface area contributed by atoms with E-state index in [1.165, 1.54) is 15.6 Å². The number of aryl methyl sites for hydroxylation is 1. The van der Waals surface area contributed by atoms with Crippen LogP contribution in [0.5, 0.6) is 0 Å². The monoisotopic (exact) mass is 444 g/mol. The van der Waals surface area contributed by atoms with Crippen molar-refractivity contribution in [2.24, 2.45) is 0 Å². The molecule has 1 amide bonds. The summed E-state index contributed by atoms with van der Waals surface area (Å²) < 4.78 is 4.52. The third-order valence-corrected chi connectivity index (χ3v) is 5.78. The summed E-state index contributed by atoms with van der Waals surface area (Å²) in [4.78, 5) is 42.1. The molecule has 1 aliphatic carbocycles. The van der Waals surface area contributed by atoms with Crippen molar-refractivity contribution in [2.75, 3.05) is 6.54 Å². The molecule has 0 spiro atoms. The fourth-order valence-electron chi connectivity index (χ4n) is 3.87. The molecule has 0 atom stereocenters. The molecule has 2 aromatic heterocycles. The molecule has 0 radical (unpaired) electrons. The minimum Gasteiger partial charge on any atom is -0.354 e. The van der Waals surface area contributed by atoms with Crippen molar-refractivity contribution >= 4 is 16.8 Å². The Balaban J connectivity index is 1.21. The lowest BCUT2D eigenvalue weighted by Gasteiger charge is -2.07. The zero-order chi connectivity index (χ0) is 22.8. The molecule has 1 N–H and O–H groups in total. The highest BCUT2D eigenvalue weighted by Gasteiger charge is 2.31. The number of nitrogens with one attached hydrogen (secondary N) is 1. The summed E-state index contributed by atoms with van der Waals surface area (Å²) >= 11 is 0. The summed E-state index contributed by atoms with van der Waals surface area (Å²) in [5.41, 5.74) is 1.06. The second-order valence-corrected chi connectivity index (χ2v) is 8.17. The summed E-state index contributed by atoms with van der Waals surface area (Å²) in [7, 11) is 0. The Labute approximate surface area is 189 Å². The Morgan fingerprint density at radius 3 is 2.55 bits per heavy atom. The maximum atomic E-state index is 13.0. The molecule has 4 aromatic rings. The third kappa shape index (κ3) is 4.34. The van der Waals surface area contributed by atoms with Crippen molar-refractivity contribution in [2.45, 2.75) is 38.3 Å². The number of para-hydroxylation sites is 2. The second-order valence-electron chi connectivity index (χ2n) is 8.17. The number of benzene rings is 2. The summed E-state index contributed by atoms with van der Waals surface area (Å²) in [5.74, 6) is 0.886. The number of hydrogen-bond donors (Lipinski definition) is 1. The first kappa shape index (κ1) is 20.9. The van der Waals surface area contributed by atoms with Gasteiger partial charge in [0.15, 0.2) is 0 Å². The van der Waals surface area contributed by atoms with Gasteiger partial charge in [-0.15, -0.1) is 0 Å². The van der Waals surface area contributed by atoms with Crippen LogP contribution < -0.4 is 16.6 Å². The van der Waals surface area contributed by atoms with E-state index in [-0.39, 0.29) is 43.2 Å². The normalized spacial score (nSPS) is 13.3. The Morgan fingerprint density at radius 2 is 1.76 bits per heavy atom. The van der Waals surface area contributed by atoms with Gasteiger partial charge >= 0.3 is 5.69 Å². The quantitative estimate of drug-likeness (QED) is 0.447. The van der Waals surface area contributed by atoms with Gasteiger partial charge in [-0.2, -0.15) is 5.10 Å². The van der Waals surface area contributed by atoms with Gasteiger partial charge in [0.25, 0.3) is 5.56 Å². The summed E-state index contributed by atoms with van der Waals surface area (Å²) in [6.07, 6.45) is 3.67. The van der Waals surface area contributed by atoms with E-state index < -0.39 is 0 Å². The van der Waals surface area contributed by atoms with Gasteiger partial charge in [-0.3, -0.25) is 14.2 Å². The van der Waals surface area contributed by atoms with Crippen LogP contribution in [0.15, 0.2) is 70.5 Å². The van der Waals surface area contributed by atoms with E-state index in [0.29, 0.717) is 16.8 Å². The van der Waals surface area contributed by atoms with E-state index >= 15 is 0 Å². The highest BCUT2D eigenvalue weighted by atomic mass is 16.2. The molecule has 168 valence electrons. The number of carbonyl (C=O) groups is 1. The predicted octanol–water partition coefficient (Wildman–Crippen LogP) is 1.83. The SMILES string of the molecule is O=C(CCn1cnc2ccccc2c1=O)NCCn1nc(C2CC2)n(-c2ccccc2)c1=O. The van der Waals surface area contributed by atoms with Crippen LogP contribution in [0.3, 0.4) is 0 Å². The lowest BCUT2D eigenvalue weighted by molar-refractivity contribution is -0.121. The van der Waals surface area contributed by atoms with Crippen molar-refractivity contribution in [3.63, 3.8) is 0 Å². The van der Waals surface area contributed by atoms with E-state index in [4.69, 9.17) is 0 Å². The molecule has 0 bridgehead atoms. The lowest BCUT2D eigenvalue weighted by atomic mass is 10.2. The third-order valence-electron chi connectivity index (χ3n) is 5.78. The average molecular weight is 444 g/mol. The molecule has 9 heteroatoms. The number of amides is 1. The van der Waals surface area contributed by atoms with Crippen LogP contribution in [0.25, 0.3) is 16.6 Å². The maximum absolute atomic E-state index is 13.0. The standard InChI is InChI=1S/C24H24N6O3/c31-21(12-14-28-16-26-20-9-5-4-8-19(20)23(28)32)25-13-15-29-24(33)30(18-6-2-1-3-7-18)22(27-29)17-10-11-17/h1-9,16-17H,10-15H2,(H,25,31). The van der Waals surface area contributed by atoms with Crippen molar-refractivity contribution in [3.05, 3.63) is 87.6 Å². The van der Waals surface area contributed by atoms with Crippen molar-refractivity contribution in [1.82, 2.24) is 29.2 Å². The largest absolute Gasteiger partial charge is 0.354 e. The molecular weight excluding hydrogens is 420 g/mol. The number of nitrogens with zero attached hydrogens (tertiary/aromatic N) is 5. The molecule has 1 aliphatic rings. The zero-order valence-electron chi connectivity index (χ0n) is 18.1. The van der Waals surface area contributed by atoms with Gasteiger partial charge in [0.05, 0.1) is 29.5 Å². The van der Waals surface area contributed by atoms with E-state index in [0.717, 1.165) is 24.4 Å². The van der Waals surface area contributed by atoms with Crippen molar-refractivity contribution in [3.8, 4) is 5.69 Å². The van der Waals surface area contributed by atoms with Crippen LogP contribution in [0, 0.1) is 0 Å². The number of carbonyl (C=O) groups excluding carboxylic acids is 1. The minimum atomic E-state index is -0.203. The van der Waals surface area contributed by atoms with E-state index in [1.54, 1.807) is 22.8 Å². The van der Waals surface area contributed by atoms with Gasteiger partial charge in [-0.25, -0.2) is 19.0 Å². The molecule has 0 unspecified atom stereocenters. The van der Waals surface area contributed by atoms with E-state index in [1.807, 2.05) is 36.4 Å². The van der Waals surface area contributed by atoms with Crippen molar-refractivity contribution in [1.29, 1.82) is 0 Å². The number of aromatic nitrogens is 5. The van der Waals surface area contributed by atoms with Crippen molar-refractivity contribution < 1.29 is 4.79 Å². The molecule has 9 nitrogen and oxygen atoms in total. The summed E-state index contributed by atoms with van der Waals surface area (Å²) in [6.45, 7) is 0.790. The Hall–Kier alpha value is -4.01. The fourth-order valence-corrected chi connectivity index (χ4v) is 3.87. The van der Waals surface area contributed by atoms with Gasteiger partial charge in [0.2, 0.25) is 5.91 Å². The second kappa shape index (κ2) is 8.85. The smallest absolute Gasteiger partial charge is 0.350 e. The number of fused-ring (bicyclic) bond motifs is 1. The van der Waals surface area contributed by atoms with Crippen LogP contribution in [0.4, 0.5) is 0 Å². The topological polar surface area (TPSA) is 104 Å². The Morgan fingerprint density at radius 1 is 1.00 bits per heavy atom. The molecule has 1 fully saturated rings. The highest BCUT2D eigenvalue weighted by Crippen LogP contribution is 2.39. The maximum Gasteiger partial charge on any atom is 0.350 e. The lowest BCUT2D eigenvalue weighted by Crippen LogP contribution is -2.33. The molecular formula is C24H24N6O3. The Kier molecular flexibility index (Phi) is 5.60. The molecule has 1 saturated carbocycles. The molecule has 2 aromatic carbocycles. The molecule has 33 heavy (non-hydrogen) atoms. The van der Waals surface area contributed by atoms with Crippen LogP contribution >= 0.6 is 0 Å². The van der Waals surface area contributed by atoms with Gasteiger partial charge in [0.1, 0.15) is 5.82 Å². The number of rotatable bonds is 8.